The minimum Gasteiger partial charge on any atom is -0.462 e. The first-order chi connectivity index (χ1) is 10.5. The van der Waals surface area contributed by atoms with E-state index in [1.54, 1.807) is 19.1 Å². The molecule has 0 atom stereocenters. The first kappa shape index (κ1) is 18.3. The molecule has 0 amide bonds. The molecule has 1 heterocycles. The molecule has 5 nitrogen and oxygen atoms in total. The molecule has 0 aromatic carbocycles. The number of aldehydes is 1. The Morgan fingerprint density at radius 3 is 2.27 bits per heavy atom. The van der Waals surface area contributed by atoms with Gasteiger partial charge in [-0.15, -0.1) is 11.3 Å². The molecule has 0 aliphatic carbocycles. The average Bonchev–Trinajstić information content (AvgIpc) is 2.78. The predicted octanol–water partition coefficient (Wildman–Crippen LogP) is 3.85. The fourth-order valence-electron chi connectivity index (χ4n) is 1.32. The maximum atomic E-state index is 11.6. The minimum absolute atomic E-state index is 0.0316. The van der Waals surface area contributed by atoms with E-state index in [0.29, 0.717) is 25.0 Å². The number of ether oxygens (including phenoxy) is 1. The summed E-state index contributed by atoms with van der Waals surface area (Å²) in [6.45, 7) is 1.82. The first-order valence-corrected chi connectivity index (χ1v) is 8.22. The number of nitriles is 2. The lowest BCUT2D eigenvalue weighted by Gasteiger charge is -1.98. The van der Waals surface area contributed by atoms with Crippen molar-refractivity contribution in [1.82, 2.24) is 0 Å². The Balaban J connectivity index is 3.32. The van der Waals surface area contributed by atoms with Gasteiger partial charge in [0.1, 0.15) is 17.7 Å². The number of hydrogen-bond acceptors (Lipinski definition) is 6. The number of nitrogens with zero attached hydrogens (tertiary/aromatic N) is 2. The van der Waals surface area contributed by atoms with Gasteiger partial charge in [0.2, 0.25) is 0 Å². The van der Waals surface area contributed by atoms with Gasteiger partial charge in [-0.2, -0.15) is 10.5 Å². The summed E-state index contributed by atoms with van der Waals surface area (Å²) >= 11 is 7.88. The van der Waals surface area contributed by atoms with E-state index in [2.05, 4.69) is 31.9 Å². The number of carbonyl (C=O) groups is 2. The summed E-state index contributed by atoms with van der Waals surface area (Å²) in [6, 6.07) is 3.55. The monoisotopic (exact) mass is 442 g/mol. The number of halogens is 2. The van der Waals surface area contributed by atoms with Crippen molar-refractivity contribution >= 4 is 67.6 Å². The number of esters is 1. The second kappa shape index (κ2) is 8.64. The number of allylic oxidation sites excluding steroid dienone is 1. The normalized spacial score (nSPS) is 11.5. The third kappa shape index (κ3) is 4.38. The van der Waals surface area contributed by atoms with Crippen molar-refractivity contribution in [3.8, 4) is 12.1 Å². The average molecular weight is 444 g/mol. The molecule has 0 saturated carbocycles. The summed E-state index contributed by atoms with van der Waals surface area (Å²) < 4.78 is 6.03. The van der Waals surface area contributed by atoms with Gasteiger partial charge < -0.3 is 4.74 Å². The maximum Gasteiger partial charge on any atom is 0.348 e. The van der Waals surface area contributed by atoms with Gasteiger partial charge in [-0.1, -0.05) is 0 Å². The van der Waals surface area contributed by atoms with E-state index in [4.69, 9.17) is 15.3 Å². The Kier molecular flexibility index (Phi) is 7.19. The van der Waals surface area contributed by atoms with Crippen molar-refractivity contribution in [2.24, 2.45) is 0 Å². The van der Waals surface area contributed by atoms with Crippen LogP contribution >= 0.6 is 43.2 Å². The summed E-state index contributed by atoms with van der Waals surface area (Å²) in [5.74, 6) is -0.705. The molecule has 1 aromatic rings. The van der Waals surface area contributed by atoms with Crippen LogP contribution in [0.2, 0.25) is 0 Å². The molecule has 8 heteroatoms. The van der Waals surface area contributed by atoms with E-state index in [-0.39, 0.29) is 17.8 Å². The molecule has 1 rings (SSSR count). The highest BCUT2D eigenvalue weighted by Crippen LogP contribution is 2.40. The minimum atomic E-state index is -0.705. The van der Waals surface area contributed by atoms with Gasteiger partial charge in [0, 0.05) is 9.75 Å². The Morgan fingerprint density at radius 2 is 1.82 bits per heavy atom. The van der Waals surface area contributed by atoms with E-state index in [0.717, 1.165) is 0 Å². The topological polar surface area (TPSA) is 90.9 Å². The Hall–Kier alpha value is -1.74. The highest BCUT2D eigenvalue weighted by Gasteiger charge is 2.16. The SMILES string of the molecule is CCOC(=O)C(C#N)=Cc1sc(C=C(C#N)C=O)c(Br)c1Br. The Morgan fingerprint density at radius 1 is 1.23 bits per heavy atom. The molecule has 0 unspecified atom stereocenters. The number of rotatable bonds is 5. The van der Waals surface area contributed by atoms with Crippen LogP contribution in [-0.4, -0.2) is 18.9 Å². The molecule has 0 saturated heterocycles. The van der Waals surface area contributed by atoms with Crippen LogP contribution in [0.1, 0.15) is 16.7 Å². The van der Waals surface area contributed by atoms with Gasteiger partial charge in [0.25, 0.3) is 0 Å². The summed E-state index contributed by atoms with van der Waals surface area (Å²) in [5.41, 5.74) is -0.168. The van der Waals surface area contributed by atoms with Gasteiger partial charge in [0.05, 0.1) is 21.1 Å². The van der Waals surface area contributed by atoms with E-state index < -0.39 is 5.97 Å². The summed E-state index contributed by atoms with van der Waals surface area (Å²) in [6.07, 6.45) is 3.26. The Labute approximate surface area is 147 Å². The van der Waals surface area contributed by atoms with Crippen LogP contribution in [0.3, 0.4) is 0 Å². The van der Waals surface area contributed by atoms with Crippen molar-refractivity contribution in [2.75, 3.05) is 6.61 Å². The summed E-state index contributed by atoms with van der Waals surface area (Å²) in [4.78, 5) is 23.5. The quantitative estimate of drug-likeness (QED) is 0.298. The molecule has 112 valence electrons. The van der Waals surface area contributed by atoms with Crippen molar-refractivity contribution in [2.45, 2.75) is 6.92 Å². The molecular weight excluding hydrogens is 436 g/mol. The molecule has 22 heavy (non-hydrogen) atoms. The molecule has 0 fully saturated rings. The zero-order valence-corrected chi connectivity index (χ0v) is 15.2. The van der Waals surface area contributed by atoms with Gasteiger partial charge >= 0.3 is 5.97 Å². The highest BCUT2D eigenvalue weighted by molar-refractivity contribution is 9.13. The number of carbonyl (C=O) groups excluding carboxylic acids is 2. The van der Waals surface area contributed by atoms with Gasteiger partial charge in [-0.05, 0) is 50.9 Å². The van der Waals surface area contributed by atoms with Crippen molar-refractivity contribution < 1.29 is 14.3 Å². The van der Waals surface area contributed by atoms with Gasteiger partial charge in [-0.3, -0.25) is 4.79 Å². The molecule has 0 aliphatic rings. The Bertz CT molecular complexity index is 751. The number of hydrogen-bond donors (Lipinski definition) is 0. The third-order valence-corrected chi connectivity index (χ3v) is 6.07. The molecule has 0 aliphatic heterocycles. The smallest absolute Gasteiger partial charge is 0.348 e. The lowest BCUT2D eigenvalue weighted by Crippen LogP contribution is -2.05. The molecule has 0 N–H and O–H groups in total. The standard InChI is InChI=1S/C14H8Br2N2O3S/c1-2-21-14(20)9(6-18)4-11-13(16)12(15)10(22-11)3-8(5-17)7-19/h3-4,7H,2H2,1H3. The molecule has 0 spiro atoms. The van der Waals surface area contributed by atoms with Crippen LogP contribution < -0.4 is 0 Å². The van der Waals surface area contributed by atoms with Crippen LogP contribution in [0, 0.1) is 22.7 Å². The van der Waals surface area contributed by atoms with Gasteiger partial charge in [-0.25, -0.2) is 4.79 Å². The second-order valence-corrected chi connectivity index (χ2v) is 6.35. The molecular formula is C14H8Br2N2O3S. The van der Waals surface area contributed by atoms with E-state index in [1.165, 1.54) is 23.5 Å². The molecule has 0 radical (unpaired) electrons. The van der Waals surface area contributed by atoms with Crippen molar-refractivity contribution in [3.05, 3.63) is 29.8 Å². The second-order valence-electron chi connectivity index (χ2n) is 3.68. The fraction of sp³-hybridized carbons (Fsp3) is 0.143. The predicted molar refractivity (Wildman–Crippen MR) is 89.6 cm³/mol. The van der Waals surface area contributed by atoms with Crippen LogP contribution in [0.5, 0.6) is 0 Å². The van der Waals surface area contributed by atoms with E-state index in [1.807, 2.05) is 0 Å². The fourth-order valence-corrected chi connectivity index (χ4v) is 3.71. The summed E-state index contributed by atoms with van der Waals surface area (Å²) in [5, 5.41) is 17.8. The van der Waals surface area contributed by atoms with Crippen molar-refractivity contribution in [3.63, 3.8) is 0 Å². The van der Waals surface area contributed by atoms with Crippen molar-refractivity contribution in [1.29, 1.82) is 10.5 Å². The van der Waals surface area contributed by atoms with E-state index in [9.17, 15) is 9.59 Å². The zero-order valence-electron chi connectivity index (χ0n) is 11.2. The molecule has 1 aromatic heterocycles. The lowest BCUT2D eigenvalue weighted by atomic mass is 10.2. The lowest BCUT2D eigenvalue weighted by molar-refractivity contribution is -0.137. The largest absolute Gasteiger partial charge is 0.462 e. The highest BCUT2D eigenvalue weighted by atomic mass is 79.9. The number of thiophene rings is 1. The first-order valence-electron chi connectivity index (χ1n) is 5.82. The van der Waals surface area contributed by atoms with Crippen LogP contribution in [0.15, 0.2) is 20.1 Å². The summed E-state index contributed by atoms with van der Waals surface area (Å²) in [7, 11) is 0. The maximum absolute atomic E-state index is 11.6. The van der Waals surface area contributed by atoms with Crippen LogP contribution in [-0.2, 0) is 14.3 Å². The third-order valence-electron chi connectivity index (χ3n) is 2.28. The zero-order chi connectivity index (χ0) is 16.7. The van der Waals surface area contributed by atoms with Gasteiger partial charge in [0.15, 0.2) is 6.29 Å². The van der Waals surface area contributed by atoms with Crippen LogP contribution in [0.4, 0.5) is 0 Å². The van der Waals surface area contributed by atoms with E-state index >= 15 is 0 Å². The molecule has 0 bridgehead atoms. The van der Waals surface area contributed by atoms with Crippen LogP contribution in [0.25, 0.3) is 12.2 Å².